The molecule has 1 rings (SSSR count). The second-order valence-electron chi connectivity index (χ2n) is 3.98. The Morgan fingerprint density at radius 1 is 1.00 bits per heavy atom. The molecule has 0 saturated heterocycles. The summed E-state index contributed by atoms with van der Waals surface area (Å²) in [5.41, 5.74) is 0. The minimum absolute atomic E-state index is 0.620. The predicted octanol–water partition coefficient (Wildman–Crippen LogP) is 1.80. The van der Waals surface area contributed by atoms with Crippen molar-refractivity contribution in [3.63, 3.8) is 0 Å². The summed E-state index contributed by atoms with van der Waals surface area (Å²) in [4.78, 5) is 7.15. The van der Waals surface area contributed by atoms with Gasteiger partial charge in [0.25, 0.3) is 0 Å². The molecule has 0 aliphatic carbocycles. The number of unbranched alkanes of at least 4 members (excludes halogenated alkanes) is 1. The van der Waals surface area contributed by atoms with Crippen molar-refractivity contribution < 1.29 is 14.2 Å². The average Bonchev–Trinajstić information content (AvgIpc) is 2.89. The summed E-state index contributed by atoms with van der Waals surface area (Å²) in [7, 11) is 0. The Morgan fingerprint density at radius 3 is 2.28 bits per heavy atom. The molecule has 5 heteroatoms. The molecule has 1 heterocycles. The van der Waals surface area contributed by atoms with E-state index in [1.54, 1.807) is 6.20 Å². The van der Waals surface area contributed by atoms with Gasteiger partial charge < -0.3 is 19.2 Å². The van der Waals surface area contributed by atoms with Gasteiger partial charge >= 0.3 is 0 Å². The van der Waals surface area contributed by atoms with Crippen LogP contribution >= 0.6 is 0 Å². The quantitative estimate of drug-likeness (QED) is 0.579. The Hall–Kier alpha value is -0.910. The van der Waals surface area contributed by atoms with Crippen molar-refractivity contribution in [3.8, 4) is 0 Å². The predicted molar refractivity (Wildman–Crippen MR) is 69.7 cm³/mol. The van der Waals surface area contributed by atoms with Crippen LogP contribution in [0.5, 0.6) is 0 Å². The number of hydrogen-bond donors (Lipinski definition) is 1. The monoisotopic (exact) mass is 256 g/mol. The normalized spacial score (nSPS) is 10.9. The lowest BCUT2D eigenvalue weighted by atomic mass is 10.4. The number of hydrogen-bond acceptors (Lipinski definition) is 4. The minimum Gasteiger partial charge on any atom is -0.379 e. The summed E-state index contributed by atoms with van der Waals surface area (Å²) in [6.45, 7) is 6.21. The topological polar surface area (TPSA) is 56.4 Å². The number of rotatable bonds is 12. The van der Waals surface area contributed by atoms with E-state index in [0.717, 1.165) is 25.3 Å². The molecule has 5 nitrogen and oxygen atoms in total. The van der Waals surface area contributed by atoms with Crippen molar-refractivity contribution in [2.45, 2.75) is 26.2 Å². The molecule has 18 heavy (non-hydrogen) atoms. The second kappa shape index (κ2) is 11.2. The standard InChI is InChI=1S/C13H24N2O3/c1-2-3-7-16-9-11-18-12-10-17-8-4-13-14-5-6-15-13/h5-6H,2-4,7-12H2,1H3,(H,14,15). The Kier molecular flexibility index (Phi) is 9.42. The van der Waals surface area contributed by atoms with Gasteiger partial charge in [0.1, 0.15) is 5.82 Å². The molecule has 0 bridgehead atoms. The number of H-pyrrole nitrogens is 1. The van der Waals surface area contributed by atoms with Crippen LogP contribution in [-0.2, 0) is 20.6 Å². The van der Waals surface area contributed by atoms with Crippen LogP contribution in [0.25, 0.3) is 0 Å². The maximum atomic E-state index is 5.43. The van der Waals surface area contributed by atoms with Crippen molar-refractivity contribution >= 4 is 0 Å². The van der Waals surface area contributed by atoms with Gasteiger partial charge in [0, 0.05) is 25.4 Å². The second-order valence-corrected chi connectivity index (χ2v) is 3.98. The molecule has 0 amide bonds. The molecular weight excluding hydrogens is 232 g/mol. The lowest BCUT2D eigenvalue weighted by Gasteiger charge is -2.06. The molecule has 0 fully saturated rings. The molecule has 0 aromatic carbocycles. The van der Waals surface area contributed by atoms with Gasteiger partial charge in [-0.15, -0.1) is 0 Å². The molecule has 0 spiro atoms. The first kappa shape index (κ1) is 15.1. The molecule has 0 saturated carbocycles. The summed E-state index contributed by atoms with van der Waals surface area (Å²) >= 11 is 0. The van der Waals surface area contributed by atoms with Gasteiger partial charge in [-0.1, -0.05) is 13.3 Å². The van der Waals surface area contributed by atoms with E-state index in [4.69, 9.17) is 14.2 Å². The third-order valence-electron chi connectivity index (χ3n) is 2.42. The number of aromatic nitrogens is 2. The third-order valence-corrected chi connectivity index (χ3v) is 2.42. The maximum absolute atomic E-state index is 5.43. The van der Waals surface area contributed by atoms with E-state index in [-0.39, 0.29) is 0 Å². The van der Waals surface area contributed by atoms with E-state index in [0.29, 0.717) is 33.0 Å². The van der Waals surface area contributed by atoms with Crippen LogP contribution in [-0.4, -0.2) is 49.6 Å². The molecule has 0 atom stereocenters. The summed E-state index contributed by atoms with van der Waals surface area (Å²) < 4.78 is 16.2. The average molecular weight is 256 g/mol. The molecule has 1 aromatic rings. The van der Waals surface area contributed by atoms with E-state index in [1.165, 1.54) is 6.42 Å². The van der Waals surface area contributed by atoms with Crippen molar-refractivity contribution in [3.05, 3.63) is 18.2 Å². The molecule has 0 aliphatic rings. The van der Waals surface area contributed by atoms with Gasteiger partial charge in [-0.3, -0.25) is 0 Å². The van der Waals surface area contributed by atoms with Crippen LogP contribution in [0.3, 0.4) is 0 Å². The number of aromatic amines is 1. The summed E-state index contributed by atoms with van der Waals surface area (Å²) in [5.74, 6) is 0.959. The molecule has 0 radical (unpaired) electrons. The zero-order chi connectivity index (χ0) is 12.9. The fraction of sp³-hybridized carbons (Fsp3) is 0.769. The van der Waals surface area contributed by atoms with Crippen LogP contribution < -0.4 is 0 Å². The fourth-order valence-electron chi connectivity index (χ4n) is 1.39. The lowest BCUT2D eigenvalue weighted by molar-refractivity contribution is 0.0144. The highest BCUT2D eigenvalue weighted by Gasteiger charge is 1.95. The van der Waals surface area contributed by atoms with Crippen molar-refractivity contribution in [1.82, 2.24) is 9.97 Å². The van der Waals surface area contributed by atoms with E-state index in [9.17, 15) is 0 Å². The third kappa shape index (κ3) is 8.22. The van der Waals surface area contributed by atoms with Gasteiger partial charge in [0.05, 0.1) is 33.0 Å². The van der Waals surface area contributed by atoms with Gasteiger partial charge in [0.2, 0.25) is 0 Å². The van der Waals surface area contributed by atoms with Crippen molar-refractivity contribution in [2.24, 2.45) is 0 Å². The molecule has 0 unspecified atom stereocenters. The SMILES string of the molecule is CCCCOCCOCCOCCc1ncc[nH]1. The van der Waals surface area contributed by atoms with E-state index in [2.05, 4.69) is 16.9 Å². The van der Waals surface area contributed by atoms with Crippen LogP contribution in [0.2, 0.25) is 0 Å². The van der Waals surface area contributed by atoms with Gasteiger partial charge in [-0.05, 0) is 6.42 Å². The highest BCUT2D eigenvalue weighted by molar-refractivity contribution is 4.86. The maximum Gasteiger partial charge on any atom is 0.108 e. The van der Waals surface area contributed by atoms with Crippen LogP contribution in [0, 0.1) is 0 Å². The Morgan fingerprint density at radius 2 is 1.67 bits per heavy atom. The van der Waals surface area contributed by atoms with Gasteiger partial charge in [-0.25, -0.2) is 4.98 Å². The van der Waals surface area contributed by atoms with Gasteiger partial charge in [0.15, 0.2) is 0 Å². The fourth-order valence-corrected chi connectivity index (χ4v) is 1.39. The summed E-state index contributed by atoms with van der Waals surface area (Å²) in [5, 5.41) is 0. The highest BCUT2D eigenvalue weighted by atomic mass is 16.5. The smallest absolute Gasteiger partial charge is 0.108 e. The molecule has 104 valence electrons. The van der Waals surface area contributed by atoms with E-state index < -0.39 is 0 Å². The van der Waals surface area contributed by atoms with Crippen molar-refractivity contribution in [2.75, 3.05) is 39.6 Å². The summed E-state index contributed by atoms with van der Waals surface area (Å²) in [6, 6.07) is 0. The van der Waals surface area contributed by atoms with Gasteiger partial charge in [-0.2, -0.15) is 0 Å². The first-order valence-electron chi connectivity index (χ1n) is 6.65. The Balaban J connectivity index is 1.73. The number of nitrogens with zero attached hydrogens (tertiary/aromatic N) is 1. The molecule has 0 aliphatic heterocycles. The van der Waals surface area contributed by atoms with Crippen LogP contribution in [0.1, 0.15) is 25.6 Å². The summed E-state index contributed by atoms with van der Waals surface area (Å²) in [6.07, 6.45) is 6.67. The van der Waals surface area contributed by atoms with Crippen molar-refractivity contribution in [1.29, 1.82) is 0 Å². The Labute approximate surface area is 109 Å². The molecule has 1 N–H and O–H groups in total. The molecule has 1 aromatic heterocycles. The number of nitrogens with one attached hydrogen (secondary N) is 1. The van der Waals surface area contributed by atoms with Crippen LogP contribution in [0.4, 0.5) is 0 Å². The minimum atomic E-state index is 0.620. The lowest BCUT2D eigenvalue weighted by Crippen LogP contribution is -2.11. The Bertz CT molecular complexity index is 265. The first-order chi connectivity index (χ1) is 8.93. The van der Waals surface area contributed by atoms with Crippen LogP contribution in [0.15, 0.2) is 12.4 Å². The number of imidazole rings is 1. The van der Waals surface area contributed by atoms with E-state index in [1.807, 2.05) is 6.20 Å². The zero-order valence-corrected chi connectivity index (χ0v) is 11.2. The largest absolute Gasteiger partial charge is 0.379 e. The zero-order valence-electron chi connectivity index (χ0n) is 11.2. The van der Waals surface area contributed by atoms with E-state index >= 15 is 0 Å². The number of ether oxygens (including phenoxy) is 3. The first-order valence-corrected chi connectivity index (χ1v) is 6.65. The molecular formula is C13H24N2O3. The highest BCUT2D eigenvalue weighted by Crippen LogP contribution is 1.91.